The first-order valence-corrected chi connectivity index (χ1v) is 6.97. The van der Waals surface area contributed by atoms with Crippen LogP contribution in [0.25, 0.3) is 10.8 Å². The van der Waals surface area contributed by atoms with E-state index in [4.69, 9.17) is 0 Å². The van der Waals surface area contributed by atoms with E-state index in [0.717, 1.165) is 16.3 Å². The predicted molar refractivity (Wildman–Crippen MR) is 83.8 cm³/mol. The molecule has 0 aliphatic carbocycles. The molecule has 0 bridgehead atoms. The standard InChI is InChI=1S/C19H17FO/c1-13-10-11-15(12-18(13)20)19(2,21)17-9-5-7-14-6-3-4-8-16(14)17/h3-12,21H,1-2H3. The molecule has 0 amide bonds. The van der Waals surface area contributed by atoms with Crippen molar-refractivity contribution in [2.75, 3.05) is 0 Å². The third-order valence-corrected chi connectivity index (χ3v) is 4.05. The van der Waals surface area contributed by atoms with Crippen molar-refractivity contribution in [2.24, 2.45) is 0 Å². The molecule has 1 nitrogen and oxygen atoms in total. The van der Waals surface area contributed by atoms with Gasteiger partial charge in [-0.1, -0.05) is 54.6 Å². The Morgan fingerprint density at radius 1 is 0.952 bits per heavy atom. The van der Waals surface area contributed by atoms with E-state index in [1.165, 1.54) is 6.07 Å². The summed E-state index contributed by atoms with van der Waals surface area (Å²) in [6, 6.07) is 18.6. The molecule has 1 atom stereocenters. The Hall–Kier alpha value is -2.19. The molecule has 106 valence electrons. The fourth-order valence-corrected chi connectivity index (χ4v) is 2.70. The maximum atomic E-state index is 13.8. The summed E-state index contributed by atoms with van der Waals surface area (Å²) < 4.78 is 13.8. The summed E-state index contributed by atoms with van der Waals surface area (Å²) in [6.45, 7) is 3.42. The molecule has 0 aliphatic heterocycles. The van der Waals surface area contributed by atoms with Crippen LogP contribution in [0.15, 0.2) is 60.7 Å². The van der Waals surface area contributed by atoms with E-state index in [0.29, 0.717) is 11.1 Å². The molecule has 3 rings (SSSR count). The summed E-state index contributed by atoms with van der Waals surface area (Å²) in [7, 11) is 0. The van der Waals surface area contributed by atoms with Crippen molar-refractivity contribution in [1.29, 1.82) is 0 Å². The van der Waals surface area contributed by atoms with Crippen LogP contribution < -0.4 is 0 Å². The second-order valence-electron chi connectivity index (χ2n) is 5.56. The quantitative estimate of drug-likeness (QED) is 0.730. The number of hydrogen-bond donors (Lipinski definition) is 1. The fraction of sp³-hybridized carbons (Fsp3) is 0.158. The molecule has 0 fully saturated rings. The van der Waals surface area contributed by atoms with Gasteiger partial charge in [0.1, 0.15) is 11.4 Å². The number of aryl methyl sites for hydroxylation is 1. The van der Waals surface area contributed by atoms with Crippen LogP contribution in [0.3, 0.4) is 0 Å². The topological polar surface area (TPSA) is 20.2 Å². The van der Waals surface area contributed by atoms with Crippen molar-refractivity contribution in [2.45, 2.75) is 19.4 Å². The van der Waals surface area contributed by atoms with E-state index in [1.54, 1.807) is 26.0 Å². The van der Waals surface area contributed by atoms with Gasteiger partial charge >= 0.3 is 0 Å². The van der Waals surface area contributed by atoms with Crippen molar-refractivity contribution in [3.8, 4) is 0 Å². The lowest BCUT2D eigenvalue weighted by Crippen LogP contribution is -2.23. The van der Waals surface area contributed by atoms with Gasteiger partial charge < -0.3 is 5.11 Å². The summed E-state index contributed by atoms with van der Waals surface area (Å²) in [6.07, 6.45) is 0. The summed E-state index contributed by atoms with van der Waals surface area (Å²) in [5.74, 6) is -0.298. The highest BCUT2D eigenvalue weighted by Gasteiger charge is 2.28. The van der Waals surface area contributed by atoms with Crippen LogP contribution in [0.4, 0.5) is 4.39 Å². The number of hydrogen-bond acceptors (Lipinski definition) is 1. The van der Waals surface area contributed by atoms with E-state index in [1.807, 2.05) is 42.5 Å². The van der Waals surface area contributed by atoms with Crippen LogP contribution >= 0.6 is 0 Å². The highest BCUT2D eigenvalue weighted by atomic mass is 19.1. The molecular formula is C19H17FO. The molecule has 0 saturated carbocycles. The van der Waals surface area contributed by atoms with Gasteiger partial charge in [0.05, 0.1) is 0 Å². The van der Waals surface area contributed by atoms with Gasteiger partial charge in [0, 0.05) is 0 Å². The monoisotopic (exact) mass is 280 g/mol. The molecule has 0 saturated heterocycles. The van der Waals surface area contributed by atoms with Crippen LogP contribution in [0, 0.1) is 12.7 Å². The number of rotatable bonds is 2. The van der Waals surface area contributed by atoms with E-state index in [2.05, 4.69) is 0 Å². The average molecular weight is 280 g/mol. The lowest BCUT2D eigenvalue weighted by molar-refractivity contribution is 0.103. The maximum absolute atomic E-state index is 13.8. The Morgan fingerprint density at radius 2 is 1.67 bits per heavy atom. The Labute approximate surface area is 123 Å². The second kappa shape index (κ2) is 4.97. The van der Waals surface area contributed by atoms with Crippen LogP contribution in [-0.2, 0) is 5.60 Å². The highest BCUT2D eigenvalue weighted by Crippen LogP contribution is 2.34. The van der Waals surface area contributed by atoms with Crippen molar-refractivity contribution >= 4 is 10.8 Å². The molecule has 0 radical (unpaired) electrons. The molecule has 0 aliphatic rings. The van der Waals surface area contributed by atoms with Crippen LogP contribution in [0.2, 0.25) is 0 Å². The molecule has 3 aromatic rings. The van der Waals surface area contributed by atoms with Crippen LogP contribution in [0.1, 0.15) is 23.6 Å². The minimum absolute atomic E-state index is 0.298. The summed E-state index contributed by atoms with van der Waals surface area (Å²) in [4.78, 5) is 0. The second-order valence-corrected chi connectivity index (χ2v) is 5.56. The Morgan fingerprint density at radius 3 is 2.43 bits per heavy atom. The largest absolute Gasteiger partial charge is 0.381 e. The molecule has 0 aromatic heterocycles. The molecule has 0 heterocycles. The molecule has 1 N–H and O–H groups in total. The van der Waals surface area contributed by atoms with Gasteiger partial charge in [-0.3, -0.25) is 0 Å². The van der Waals surface area contributed by atoms with Crippen molar-refractivity contribution in [3.63, 3.8) is 0 Å². The SMILES string of the molecule is Cc1ccc(C(C)(O)c2cccc3ccccc23)cc1F. The molecule has 3 aromatic carbocycles. The number of aliphatic hydroxyl groups is 1. The maximum Gasteiger partial charge on any atom is 0.126 e. The lowest BCUT2D eigenvalue weighted by Gasteiger charge is -2.26. The zero-order chi connectivity index (χ0) is 15.0. The number of halogens is 1. The third-order valence-electron chi connectivity index (χ3n) is 4.05. The minimum Gasteiger partial charge on any atom is -0.381 e. The van der Waals surface area contributed by atoms with Crippen LogP contribution in [0.5, 0.6) is 0 Å². The van der Waals surface area contributed by atoms with E-state index < -0.39 is 5.60 Å². The summed E-state index contributed by atoms with van der Waals surface area (Å²) >= 11 is 0. The zero-order valence-corrected chi connectivity index (χ0v) is 12.1. The average Bonchev–Trinajstić information content (AvgIpc) is 2.49. The van der Waals surface area contributed by atoms with Gasteiger partial charge in [0.25, 0.3) is 0 Å². The summed E-state index contributed by atoms with van der Waals surface area (Å²) in [5.41, 5.74) is 0.674. The Kier molecular flexibility index (Phi) is 3.26. The van der Waals surface area contributed by atoms with Gasteiger partial charge in [0.2, 0.25) is 0 Å². The van der Waals surface area contributed by atoms with Gasteiger partial charge in [-0.15, -0.1) is 0 Å². The highest BCUT2D eigenvalue weighted by molar-refractivity contribution is 5.86. The van der Waals surface area contributed by atoms with Gasteiger partial charge in [0.15, 0.2) is 0 Å². The molecule has 2 heteroatoms. The van der Waals surface area contributed by atoms with E-state index >= 15 is 0 Å². The van der Waals surface area contributed by atoms with E-state index in [9.17, 15) is 9.50 Å². The Balaban J connectivity index is 2.22. The van der Waals surface area contributed by atoms with Gasteiger partial charge in [-0.25, -0.2) is 4.39 Å². The number of benzene rings is 3. The van der Waals surface area contributed by atoms with Crippen LogP contribution in [-0.4, -0.2) is 5.11 Å². The third kappa shape index (κ3) is 2.32. The predicted octanol–water partition coefficient (Wildman–Crippen LogP) is 4.54. The first-order chi connectivity index (χ1) is 10.00. The molecular weight excluding hydrogens is 263 g/mol. The normalized spacial score (nSPS) is 14.1. The van der Waals surface area contributed by atoms with Gasteiger partial charge in [-0.2, -0.15) is 0 Å². The molecule has 0 spiro atoms. The first kappa shape index (κ1) is 13.8. The molecule has 1 unspecified atom stereocenters. The zero-order valence-electron chi connectivity index (χ0n) is 12.1. The van der Waals surface area contributed by atoms with Gasteiger partial charge in [-0.05, 0) is 47.4 Å². The first-order valence-electron chi connectivity index (χ1n) is 6.97. The summed E-state index contributed by atoms with van der Waals surface area (Å²) in [5, 5.41) is 13.0. The smallest absolute Gasteiger partial charge is 0.126 e. The van der Waals surface area contributed by atoms with Crippen molar-refractivity contribution < 1.29 is 9.50 Å². The minimum atomic E-state index is -1.24. The Bertz CT molecular complexity index is 800. The van der Waals surface area contributed by atoms with Crippen molar-refractivity contribution in [1.82, 2.24) is 0 Å². The number of fused-ring (bicyclic) bond motifs is 1. The van der Waals surface area contributed by atoms with E-state index in [-0.39, 0.29) is 5.82 Å². The fourth-order valence-electron chi connectivity index (χ4n) is 2.70. The molecule has 21 heavy (non-hydrogen) atoms. The van der Waals surface area contributed by atoms with Crippen molar-refractivity contribution in [3.05, 3.63) is 83.2 Å². The lowest BCUT2D eigenvalue weighted by atomic mass is 9.85.